The maximum atomic E-state index is 12.6. The SMILES string of the molecule is Cc1ccc(NC(=O)Cn2nc(-c3ccccc3)nc2-c2ccccc2)cc1. The van der Waals surface area contributed by atoms with Crippen LogP contribution in [0.5, 0.6) is 0 Å². The zero-order valence-electron chi connectivity index (χ0n) is 15.5. The van der Waals surface area contributed by atoms with Crippen LogP contribution < -0.4 is 5.32 Å². The Kier molecular flexibility index (Phi) is 4.97. The van der Waals surface area contributed by atoms with Gasteiger partial charge in [-0.05, 0) is 19.1 Å². The topological polar surface area (TPSA) is 59.8 Å². The maximum absolute atomic E-state index is 12.6. The normalized spacial score (nSPS) is 10.6. The summed E-state index contributed by atoms with van der Waals surface area (Å²) in [5, 5.41) is 7.52. The van der Waals surface area contributed by atoms with Crippen LogP contribution in [-0.4, -0.2) is 20.7 Å². The summed E-state index contributed by atoms with van der Waals surface area (Å²) in [6, 6.07) is 27.3. The van der Waals surface area contributed by atoms with Crippen molar-refractivity contribution in [3.63, 3.8) is 0 Å². The smallest absolute Gasteiger partial charge is 0.246 e. The largest absolute Gasteiger partial charge is 0.324 e. The number of hydrogen-bond acceptors (Lipinski definition) is 3. The lowest BCUT2D eigenvalue weighted by molar-refractivity contribution is -0.116. The highest BCUT2D eigenvalue weighted by molar-refractivity contribution is 5.90. The van der Waals surface area contributed by atoms with Gasteiger partial charge in [-0.3, -0.25) is 4.79 Å². The first-order valence-corrected chi connectivity index (χ1v) is 9.11. The van der Waals surface area contributed by atoms with E-state index in [2.05, 4.69) is 10.4 Å². The summed E-state index contributed by atoms with van der Waals surface area (Å²) in [6.45, 7) is 2.09. The molecule has 0 unspecified atom stereocenters. The second kappa shape index (κ2) is 7.88. The molecule has 0 aliphatic rings. The molecule has 4 aromatic rings. The Hall–Kier alpha value is -3.73. The second-order valence-corrected chi connectivity index (χ2v) is 6.56. The molecule has 0 aliphatic heterocycles. The summed E-state index contributed by atoms with van der Waals surface area (Å²) in [6.07, 6.45) is 0. The van der Waals surface area contributed by atoms with Crippen LogP contribution in [-0.2, 0) is 11.3 Å². The van der Waals surface area contributed by atoms with Crippen LogP contribution in [0.4, 0.5) is 5.69 Å². The Bertz CT molecular complexity index is 1070. The van der Waals surface area contributed by atoms with Crippen LogP contribution in [0.1, 0.15) is 5.56 Å². The van der Waals surface area contributed by atoms with Crippen LogP contribution in [0.3, 0.4) is 0 Å². The van der Waals surface area contributed by atoms with E-state index in [-0.39, 0.29) is 12.5 Å². The molecule has 1 aromatic heterocycles. The highest BCUT2D eigenvalue weighted by Crippen LogP contribution is 2.22. The van der Waals surface area contributed by atoms with Gasteiger partial charge in [-0.25, -0.2) is 9.67 Å². The van der Waals surface area contributed by atoms with E-state index in [1.807, 2.05) is 91.9 Å². The number of nitrogens with zero attached hydrogens (tertiary/aromatic N) is 3. The predicted octanol–water partition coefficient (Wildman–Crippen LogP) is 4.56. The van der Waals surface area contributed by atoms with Crippen molar-refractivity contribution in [1.29, 1.82) is 0 Å². The zero-order chi connectivity index (χ0) is 19.3. The first-order chi connectivity index (χ1) is 13.7. The van der Waals surface area contributed by atoms with Crippen molar-refractivity contribution in [2.24, 2.45) is 0 Å². The number of amides is 1. The molecule has 5 heteroatoms. The predicted molar refractivity (Wildman–Crippen MR) is 111 cm³/mol. The van der Waals surface area contributed by atoms with E-state index in [0.29, 0.717) is 11.6 Å². The molecule has 1 amide bonds. The summed E-state index contributed by atoms with van der Waals surface area (Å²) < 4.78 is 1.65. The molecule has 0 bridgehead atoms. The molecule has 138 valence electrons. The van der Waals surface area contributed by atoms with Gasteiger partial charge in [0, 0.05) is 16.8 Å². The van der Waals surface area contributed by atoms with E-state index in [4.69, 9.17) is 4.98 Å². The second-order valence-electron chi connectivity index (χ2n) is 6.56. The van der Waals surface area contributed by atoms with Crippen LogP contribution in [0.15, 0.2) is 84.9 Å². The number of anilines is 1. The van der Waals surface area contributed by atoms with Gasteiger partial charge >= 0.3 is 0 Å². The number of benzene rings is 3. The van der Waals surface area contributed by atoms with Gasteiger partial charge in [-0.1, -0.05) is 78.4 Å². The lowest BCUT2D eigenvalue weighted by Gasteiger charge is -2.08. The number of hydrogen-bond donors (Lipinski definition) is 1. The van der Waals surface area contributed by atoms with E-state index in [1.54, 1.807) is 4.68 Å². The highest BCUT2D eigenvalue weighted by atomic mass is 16.2. The number of carbonyl (C=O) groups excluding carboxylic acids is 1. The Morgan fingerprint density at radius 3 is 2.11 bits per heavy atom. The Morgan fingerprint density at radius 1 is 0.857 bits per heavy atom. The Morgan fingerprint density at radius 2 is 1.46 bits per heavy atom. The van der Waals surface area contributed by atoms with Crippen molar-refractivity contribution in [3.05, 3.63) is 90.5 Å². The summed E-state index contributed by atoms with van der Waals surface area (Å²) in [7, 11) is 0. The number of carbonyl (C=O) groups is 1. The van der Waals surface area contributed by atoms with Crippen LogP contribution in [0.25, 0.3) is 22.8 Å². The molecule has 0 radical (unpaired) electrons. The monoisotopic (exact) mass is 368 g/mol. The van der Waals surface area contributed by atoms with Gasteiger partial charge in [-0.2, -0.15) is 0 Å². The van der Waals surface area contributed by atoms with Crippen LogP contribution in [0.2, 0.25) is 0 Å². The lowest BCUT2D eigenvalue weighted by atomic mass is 10.2. The van der Waals surface area contributed by atoms with Gasteiger partial charge < -0.3 is 5.32 Å². The number of aryl methyl sites for hydroxylation is 1. The minimum absolute atomic E-state index is 0.0813. The fourth-order valence-electron chi connectivity index (χ4n) is 2.94. The van der Waals surface area contributed by atoms with E-state index < -0.39 is 0 Å². The maximum Gasteiger partial charge on any atom is 0.246 e. The average Bonchev–Trinajstić information content (AvgIpc) is 3.15. The third-order valence-corrected chi connectivity index (χ3v) is 4.36. The molecule has 0 aliphatic carbocycles. The molecule has 28 heavy (non-hydrogen) atoms. The first-order valence-electron chi connectivity index (χ1n) is 9.11. The summed E-state index contributed by atoms with van der Waals surface area (Å²) in [5.74, 6) is 1.12. The third-order valence-electron chi connectivity index (χ3n) is 4.36. The minimum Gasteiger partial charge on any atom is -0.324 e. The Labute approximate surface area is 163 Å². The fourth-order valence-corrected chi connectivity index (χ4v) is 2.94. The van der Waals surface area contributed by atoms with Gasteiger partial charge in [0.2, 0.25) is 5.91 Å². The molecule has 0 saturated heterocycles. The molecule has 1 N–H and O–H groups in total. The van der Waals surface area contributed by atoms with Gasteiger partial charge in [-0.15, -0.1) is 5.10 Å². The fraction of sp³-hybridized carbons (Fsp3) is 0.0870. The van der Waals surface area contributed by atoms with Crippen molar-refractivity contribution >= 4 is 11.6 Å². The minimum atomic E-state index is -0.148. The third kappa shape index (κ3) is 3.99. The van der Waals surface area contributed by atoms with E-state index >= 15 is 0 Å². The van der Waals surface area contributed by atoms with E-state index in [1.165, 1.54) is 0 Å². The first kappa shape index (κ1) is 17.7. The average molecular weight is 368 g/mol. The quantitative estimate of drug-likeness (QED) is 0.562. The molecule has 5 nitrogen and oxygen atoms in total. The van der Waals surface area contributed by atoms with Gasteiger partial charge in [0.05, 0.1) is 0 Å². The van der Waals surface area contributed by atoms with E-state index in [9.17, 15) is 4.79 Å². The standard InChI is InChI=1S/C23H20N4O/c1-17-12-14-20(15-13-17)24-21(28)16-27-23(19-10-6-3-7-11-19)25-22(26-27)18-8-4-2-5-9-18/h2-15H,16H2,1H3,(H,24,28). The molecular weight excluding hydrogens is 348 g/mol. The molecule has 3 aromatic carbocycles. The molecule has 0 atom stereocenters. The number of aromatic nitrogens is 3. The van der Waals surface area contributed by atoms with Crippen molar-refractivity contribution in [3.8, 4) is 22.8 Å². The van der Waals surface area contributed by atoms with Crippen molar-refractivity contribution in [2.45, 2.75) is 13.5 Å². The van der Waals surface area contributed by atoms with Gasteiger partial charge in [0.15, 0.2) is 11.6 Å². The summed E-state index contributed by atoms with van der Waals surface area (Å²) >= 11 is 0. The van der Waals surface area contributed by atoms with Gasteiger partial charge in [0.25, 0.3) is 0 Å². The molecular formula is C23H20N4O. The van der Waals surface area contributed by atoms with Crippen molar-refractivity contribution in [2.75, 3.05) is 5.32 Å². The molecule has 0 fully saturated rings. The van der Waals surface area contributed by atoms with Gasteiger partial charge in [0.1, 0.15) is 6.54 Å². The van der Waals surface area contributed by atoms with Crippen molar-refractivity contribution < 1.29 is 4.79 Å². The summed E-state index contributed by atoms with van der Waals surface area (Å²) in [4.78, 5) is 17.3. The van der Waals surface area contributed by atoms with Crippen LogP contribution in [0, 0.1) is 6.92 Å². The molecule has 4 rings (SSSR count). The lowest BCUT2D eigenvalue weighted by Crippen LogP contribution is -2.20. The van der Waals surface area contributed by atoms with E-state index in [0.717, 1.165) is 22.4 Å². The number of rotatable bonds is 5. The summed E-state index contributed by atoms with van der Waals surface area (Å²) in [5.41, 5.74) is 3.74. The Balaban J connectivity index is 1.64. The highest BCUT2D eigenvalue weighted by Gasteiger charge is 2.15. The van der Waals surface area contributed by atoms with Crippen LogP contribution >= 0.6 is 0 Å². The molecule has 0 spiro atoms. The molecule has 1 heterocycles. The van der Waals surface area contributed by atoms with Crippen molar-refractivity contribution in [1.82, 2.24) is 14.8 Å². The zero-order valence-corrected chi connectivity index (χ0v) is 15.5. The number of nitrogens with one attached hydrogen (secondary N) is 1. The molecule has 0 saturated carbocycles.